The van der Waals surface area contributed by atoms with E-state index < -0.39 is 33.2 Å². The van der Waals surface area contributed by atoms with E-state index in [1.54, 1.807) is 54.6 Å². The van der Waals surface area contributed by atoms with E-state index in [1.807, 2.05) is 12.1 Å². The number of nitrogens with zero attached hydrogens (tertiary/aromatic N) is 1. The van der Waals surface area contributed by atoms with Gasteiger partial charge < -0.3 is 20.1 Å². The number of anilines is 2. The van der Waals surface area contributed by atoms with E-state index in [9.17, 15) is 23.1 Å². The van der Waals surface area contributed by atoms with Gasteiger partial charge in [-0.3, -0.25) is 9.59 Å². The molecule has 7 rings (SSSR count). The van der Waals surface area contributed by atoms with Gasteiger partial charge >= 0.3 is 0 Å². The molecule has 1 fully saturated rings. The molecule has 2 amide bonds. The second-order valence-electron chi connectivity index (χ2n) is 14.1. The molecule has 264 valence electrons. The SMILES string of the molecule is O=C(C[C@@H]1CC/C=C/[C@H](O)[C@@H]2CC[C@H]2CN2C[C@@]3(CCCc4cc(Cl)ccc43)COc3ccc(cc32)C(=O)NS1(=O)=O)Nc1cccc(Cl)c1. The smallest absolute Gasteiger partial charge is 0.264 e. The highest BCUT2D eigenvalue weighted by Crippen LogP contribution is 2.46. The van der Waals surface area contributed by atoms with Crippen molar-refractivity contribution in [2.24, 2.45) is 11.8 Å². The molecule has 12 heteroatoms. The van der Waals surface area contributed by atoms with Gasteiger partial charge in [0.1, 0.15) is 5.75 Å². The van der Waals surface area contributed by atoms with Crippen LogP contribution in [0.2, 0.25) is 10.0 Å². The van der Waals surface area contributed by atoms with Crippen LogP contribution in [0.1, 0.15) is 66.4 Å². The average molecular weight is 739 g/mol. The molecule has 3 N–H and O–H groups in total. The number of amides is 2. The molecule has 2 aliphatic heterocycles. The Bertz CT molecular complexity index is 1940. The van der Waals surface area contributed by atoms with Crippen LogP contribution in [0.4, 0.5) is 11.4 Å². The zero-order valence-electron chi connectivity index (χ0n) is 27.6. The van der Waals surface area contributed by atoms with E-state index in [0.29, 0.717) is 53.3 Å². The molecule has 1 spiro atoms. The van der Waals surface area contributed by atoms with Gasteiger partial charge in [-0.1, -0.05) is 47.5 Å². The third-order valence-electron chi connectivity index (χ3n) is 10.9. The van der Waals surface area contributed by atoms with Crippen LogP contribution in [-0.2, 0) is 26.7 Å². The zero-order valence-corrected chi connectivity index (χ0v) is 29.9. The Kier molecular flexibility index (Phi) is 9.91. The van der Waals surface area contributed by atoms with Gasteiger partial charge in [-0.05, 0) is 116 Å². The summed E-state index contributed by atoms with van der Waals surface area (Å²) in [5, 5.41) is 13.9. The second-order valence-corrected chi connectivity index (χ2v) is 17.0. The lowest BCUT2D eigenvalue weighted by molar-refractivity contribution is -0.116. The largest absolute Gasteiger partial charge is 0.490 e. The molecule has 5 atom stereocenters. The fourth-order valence-electron chi connectivity index (χ4n) is 8.09. The van der Waals surface area contributed by atoms with E-state index in [2.05, 4.69) is 21.0 Å². The summed E-state index contributed by atoms with van der Waals surface area (Å²) in [6.07, 6.45) is 7.52. The minimum atomic E-state index is -4.31. The van der Waals surface area contributed by atoms with Gasteiger partial charge in [0.15, 0.2) is 0 Å². The predicted octanol–water partition coefficient (Wildman–Crippen LogP) is 6.66. The number of benzene rings is 3. The number of aliphatic hydroxyl groups is 1. The minimum absolute atomic E-state index is 0.0367. The van der Waals surface area contributed by atoms with Crippen LogP contribution < -0.4 is 19.7 Å². The van der Waals surface area contributed by atoms with Crippen LogP contribution in [0.5, 0.6) is 5.75 Å². The van der Waals surface area contributed by atoms with Gasteiger partial charge in [-0.15, -0.1) is 0 Å². The molecule has 0 saturated heterocycles. The number of nitrogens with one attached hydrogen (secondary N) is 2. The second kappa shape index (κ2) is 14.2. The normalized spacial score (nSPS) is 28.1. The maximum atomic E-state index is 13.8. The molecule has 4 aliphatic rings. The summed E-state index contributed by atoms with van der Waals surface area (Å²) < 4.78 is 36.3. The number of halogens is 2. The van der Waals surface area contributed by atoms with Crippen LogP contribution >= 0.6 is 23.2 Å². The van der Waals surface area contributed by atoms with E-state index >= 15 is 0 Å². The Balaban J connectivity index is 1.21. The molecule has 0 aromatic heterocycles. The number of sulfonamides is 1. The fraction of sp³-hybridized carbons (Fsp3) is 0.421. The number of ether oxygens (including phenoxy) is 1. The quantitative estimate of drug-likeness (QED) is 0.257. The van der Waals surface area contributed by atoms with Gasteiger partial charge in [-0.25, -0.2) is 13.1 Å². The molecule has 2 aliphatic carbocycles. The molecule has 0 unspecified atom stereocenters. The summed E-state index contributed by atoms with van der Waals surface area (Å²) in [5.74, 6) is -0.432. The first-order chi connectivity index (χ1) is 24.0. The Hall–Kier alpha value is -3.57. The number of aryl methyl sites for hydroxylation is 1. The number of hydrogen-bond acceptors (Lipinski definition) is 7. The average Bonchev–Trinajstić information content (AvgIpc) is 3.20. The standard InChI is InChI=1S/C38H41Cl2N3O6S/c39-27-6-3-7-29(19-27)41-36(45)20-30-8-1-2-9-34(44)31-13-10-26(31)21-43-22-38(16-4-5-24-17-28(40)12-14-32(24)38)23-49-35-15-11-25(18-33(35)43)37(46)42-50(30,47)48/h2-3,6-7,9,11-12,14-15,17-19,26,30-31,34,44H,1,4-5,8,10,13,16,20-23H2,(H,41,45)(H,42,46)/b9-2+/t26-,30-,31+,34-,38-/m0/s1. The number of carbonyl (C=O) groups excluding carboxylic acids is 2. The number of aliphatic hydroxyl groups excluding tert-OH is 1. The first-order valence-electron chi connectivity index (χ1n) is 17.3. The van der Waals surface area contributed by atoms with Gasteiger partial charge in [0.05, 0.1) is 23.6 Å². The highest BCUT2D eigenvalue weighted by Gasteiger charge is 2.44. The molecule has 2 heterocycles. The van der Waals surface area contributed by atoms with Crippen LogP contribution in [0.3, 0.4) is 0 Å². The maximum absolute atomic E-state index is 13.8. The molecule has 1 saturated carbocycles. The molecule has 0 radical (unpaired) electrons. The van der Waals surface area contributed by atoms with Crippen LogP contribution in [-0.4, -0.2) is 56.4 Å². The molecular weight excluding hydrogens is 697 g/mol. The van der Waals surface area contributed by atoms with Crippen LogP contribution in [0, 0.1) is 11.8 Å². The predicted molar refractivity (Wildman–Crippen MR) is 196 cm³/mol. The molecule has 3 aromatic carbocycles. The fourth-order valence-corrected chi connectivity index (χ4v) is 9.84. The topological polar surface area (TPSA) is 125 Å². The van der Waals surface area contributed by atoms with E-state index in [1.165, 1.54) is 11.1 Å². The lowest BCUT2D eigenvalue weighted by Gasteiger charge is -2.45. The lowest BCUT2D eigenvalue weighted by Crippen LogP contribution is -2.49. The first kappa shape index (κ1) is 34.9. The van der Waals surface area contributed by atoms with E-state index in [4.69, 9.17) is 27.9 Å². The number of allylic oxidation sites excluding steroid dienone is 1. The third-order valence-corrected chi connectivity index (χ3v) is 13.1. The van der Waals surface area contributed by atoms with Crippen molar-refractivity contribution in [1.82, 2.24) is 4.72 Å². The number of rotatable bonds is 3. The molecule has 50 heavy (non-hydrogen) atoms. The number of carbonyl (C=O) groups is 2. The Morgan fingerprint density at radius 2 is 1.90 bits per heavy atom. The van der Waals surface area contributed by atoms with Gasteiger partial charge in [-0.2, -0.15) is 0 Å². The van der Waals surface area contributed by atoms with Crippen molar-refractivity contribution in [3.63, 3.8) is 0 Å². The van der Waals surface area contributed by atoms with Gasteiger partial charge in [0.25, 0.3) is 5.91 Å². The monoisotopic (exact) mass is 737 g/mol. The van der Waals surface area contributed by atoms with Crippen molar-refractivity contribution < 1.29 is 27.9 Å². The van der Waals surface area contributed by atoms with Crippen molar-refractivity contribution in [3.05, 3.63) is 99.6 Å². The van der Waals surface area contributed by atoms with Crippen molar-refractivity contribution in [1.29, 1.82) is 0 Å². The zero-order chi connectivity index (χ0) is 35.0. The van der Waals surface area contributed by atoms with Gasteiger partial charge in [0, 0.05) is 46.2 Å². The minimum Gasteiger partial charge on any atom is -0.490 e. The molecular formula is C38H41Cl2N3O6S. The summed E-state index contributed by atoms with van der Waals surface area (Å²) in [4.78, 5) is 29.0. The third kappa shape index (κ3) is 7.26. The lowest BCUT2D eigenvalue weighted by atomic mass is 9.68. The summed E-state index contributed by atoms with van der Waals surface area (Å²) in [5.41, 5.74) is 3.45. The Morgan fingerprint density at radius 3 is 2.70 bits per heavy atom. The highest BCUT2D eigenvalue weighted by atomic mass is 35.5. The summed E-state index contributed by atoms with van der Waals surface area (Å²) in [6, 6.07) is 17.7. The number of hydrogen-bond donors (Lipinski definition) is 3. The van der Waals surface area contributed by atoms with Crippen molar-refractivity contribution in [2.75, 3.05) is 29.9 Å². The van der Waals surface area contributed by atoms with E-state index in [-0.39, 0.29) is 35.7 Å². The van der Waals surface area contributed by atoms with Crippen molar-refractivity contribution >= 4 is 56.4 Å². The van der Waals surface area contributed by atoms with Crippen molar-refractivity contribution in [3.8, 4) is 5.75 Å². The Morgan fingerprint density at radius 1 is 1.06 bits per heavy atom. The van der Waals surface area contributed by atoms with E-state index in [0.717, 1.165) is 32.1 Å². The highest BCUT2D eigenvalue weighted by molar-refractivity contribution is 7.90. The summed E-state index contributed by atoms with van der Waals surface area (Å²) in [7, 11) is -4.31. The number of fused-ring (bicyclic) bond motifs is 4. The molecule has 2 bridgehead atoms. The maximum Gasteiger partial charge on any atom is 0.264 e. The molecule has 9 nitrogen and oxygen atoms in total. The first-order valence-corrected chi connectivity index (χ1v) is 19.6. The van der Waals surface area contributed by atoms with Crippen LogP contribution in [0.25, 0.3) is 0 Å². The summed E-state index contributed by atoms with van der Waals surface area (Å²) >= 11 is 12.5. The van der Waals surface area contributed by atoms with Crippen molar-refractivity contribution in [2.45, 2.75) is 68.1 Å². The van der Waals surface area contributed by atoms with Gasteiger partial charge in [0.2, 0.25) is 15.9 Å². The molecule has 3 aromatic rings. The summed E-state index contributed by atoms with van der Waals surface area (Å²) in [6.45, 7) is 1.74. The Labute approximate surface area is 303 Å². The van der Waals surface area contributed by atoms with Crippen LogP contribution in [0.15, 0.2) is 72.8 Å².